The number of aryl methyl sites for hydroxylation is 1. The van der Waals surface area contributed by atoms with E-state index in [-0.39, 0.29) is 18.4 Å². The molecule has 0 atom stereocenters. The van der Waals surface area contributed by atoms with Crippen molar-refractivity contribution in [3.63, 3.8) is 0 Å². The SMILES string of the molecule is Cc1cc(Br)cc(Br)c1OCC(=O)Nc1ccc(C(=O)N2CCCC2)cc1. The first-order valence-electron chi connectivity index (χ1n) is 8.71. The van der Waals surface area contributed by atoms with Crippen LogP contribution in [0, 0.1) is 6.92 Å². The minimum absolute atomic E-state index is 0.0456. The Morgan fingerprint density at radius 3 is 2.41 bits per heavy atom. The standard InChI is InChI=1S/C20H20Br2N2O3/c1-13-10-15(21)11-17(22)19(13)27-12-18(25)23-16-6-4-14(5-7-16)20(26)24-8-2-3-9-24/h4-7,10-11H,2-3,8-9,12H2,1H3,(H,23,25). The molecule has 142 valence electrons. The number of ether oxygens (including phenoxy) is 1. The van der Waals surface area contributed by atoms with Crippen molar-refractivity contribution < 1.29 is 14.3 Å². The van der Waals surface area contributed by atoms with E-state index in [0.717, 1.165) is 40.4 Å². The van der Waals surface area contributed by atoms with Gasteiger partial charge in [-0.15, -0.1) is 0 Å². The first kappa shape index (κ1) is 19.9. The van der Waals surface area contributed by atoms with Gasteiger partial charge in [-0.3, -0.25) is 9.59 Å². The quantitative estimate of drug-likeness (QED) is 0.649. The summed E-state index contributed by atoms with van der Waals surface area (Å²) in [5, 5.41) is 2.78. The number of carbonyl (C=O) groups excluding carboxylic acids is 2. The molecule has 0 unspecified atom stereocenters. The molecule has 2 aromatic carbocycles. The minimum atomic E-state index is -0.261. The Morgan fingerprint density at radius 2 is 1.78 bits per heavy atom. The third-order valence-electron chi connectivity index (χ3n) is 4.35. The lowest BCUT2D eigenvalue weighted by Gasteiger charge is -2.15. The van der Waals surface area contributed by atoms with Crippen LogP contribution in [0.2, 0.25) is 0 Å². The summed E-state index contributed by atoms with van der Waals surface area (Å²) in [4.78, 5) is 26.4. The molecule has 2 amide bonds. The summed E-state index contributed by atoms with van der Waals surface area (Å²) in [5.41, 5.74) is 2.20. The van der Waals surface area contributed by atoms with Gasteiger partial charge in [-0.1, -0.05) is 15.9 Å². The van der Waals surface area contributed by atoms with Crippen molar-refractivity contribution in [2.45, 2.75) is 19.8 Å². The maximum atomic E-state index is 12.3. The molecule has 0 bridgehead atoms. The molecule has 0 saturated carbocycles. The van der Waals surface area contributed by atoms with Crippen molar-refractivity contribution in [2.24, 2.45) is 0 Å². The number of halogens is 2. The van der Waals surface area contributed by atoms with E-state index in [4.69, 9.17) is 4.74 Å². The third-order valence-corrected chi connectivity index (χ3v) is 5.40. The molecule has 1 aliphatic heterocycles. The van der Waals surface area contributed by atoms with Crippen LogP contribution in [0.5, 0.6) is 5.75 Å². The van der Waals surface area contributed by atoms with Crippen molar-refractivity contribution in [3.05, 3.63) is 56.5 Å². The monoisotopic (exact) mass is 494 g/mol. The number of likely N-dealkylation sites (tertiary alicyclic amines) is 1. The Bertz CT molecular complexity index is 824. The van der Waals surface area contributed by atoms with E-state index in [1.807, 2.05) is 24.0 Å². The van der Waals surface area contributed by atoms with Gasteiger partial charge in [-0.05, 0) is 77.7 Å². The average molecular weight is 496 g/mol. The lowest BCUT2D eigenvalue weighted by atomic mass is 10.2. The highest BCUT2D eigenvalue weighted by Gasteiger charge is 2.19. The van der Waals surface area contributed by atoms with Crippen molar-refractivity contribution in [3.8, 4) is 5.75 Å². The molecule has 27 heavy (non-hydrogen) atoms. The van der Waals surface area contributed by atoms with Crippen molar-refractivity contribution in [1.82, 2.24) is 4.90 Å². The predicted octanol–water partition coefficient (Wildman–Crippen LogP) is 4.77. The molecule has 1 aliphatic rings. The van der Waals surface area contributed by atoms with Gasteiger partial charge in [0, 0.05) is 28.8 Å². The fraction of sp³-hybridized carbons (Fsp3) is 0.300. The summed E-state index contributed by atoms with van der Waals surface area (Å²) in [5.74, 6) is 0.423. The largest absolute Gasteiger partial charge is 0.482 e. The third kappa shape index (κ3) is 5.11. The molecule has 0 aromatic heterocycles. The van der Waals surface area contributed by atoms with Crippen molar-refractivity contribution in [1.29, 1.82) is 0 Å². The second kappa shape index (κ2) is 8.89. The molecular weight excluding hydrogens is 476 g/mol. The number of nitrogens with one attached hydrogen (secondary N) is 1. The van der Waals surface area contributed by atoms with Gasteiger partial charge in [0.25, 0.3) is 11.8 Å². The molecule has 0 aliphatic carbocycles. The van der Waals surface area contributed by atoms with Gasteiger partial charge < -0.3 is 15.0 Å². The highest BCUT2D eigenvalue weighted by Crippen LogP contribution is 2.32. The summed E-state index contributed by atoms with van der Waals surface area (Å²) in [7, 11) is 0. The zero-order chi connectivity index (χ0) is 19.4. The summed E-state index contributed by atoms with van der Waals surface area (Å²) in [6, 6.07) is 10.8. The minimum Gasteiger partial charge on any atom is -0.482 e. The maximum absolute atomic E-state index is 12.3. The lowest BCUT2D eigenvalue weighted by Crippen LogP contribution is -2.27. The maximum Gasteiger partial charge on any atom is 0.262 e. The highest BCUT2D eigenvalue weighted by molar-refractivity contribution is 9.11. The van der Waals surface area contributed by atoms with E-state index >= 15 is 0 Å². The molecule has 3 rings (SSSR count). The van der Waals surface area contributed by atoms with Crippen LogP contribution in [0.1, 0.15) is 28.8 Å². The fourth-order valence-corrected chi connectivity index (χ4v) is 4.56. The number of rotatable bonds is 5. The number of hydrogen-bond acceptors (Lipinski definition) is 3. The molecule has 1 fully saturated rings. The van der Waals surface area contributed by atoms with Crippen LogP contribution in [0.3, 0.4) is 0 Å². The second-order valence-corrected chi connectivity index (χ2v) is 8.22. The van der Waals surface area contributed by atoms with Crippen LogP contribution in [0.25, 0.3) is 0 Å². The molecule has 1 heterocycles. The zero-order valence-electron chi connectivity index (χ0n) is 14.9. The van der Waals surface area contributed by atoms with Gasteiger partial charge in [-0.2, -0.15) is 0 Å². The van der Waals surface area contributed by atoms with Crippen LogP contribution < -0.4 is 10.1 Å². The lowest BCUT2D eigenvalue weighted by molar-refractivity contribution is -0.118. The Labute approximate surface area is 175 Å². The van der Waals surface area contributed by atoms with Crippen LogP contribution >= 0.6 is 31.9 Å². The average Bonchev–Trinajstić information content (AvgIpc) is 3.15. The molecule has 1 N–H and O–H groups in total. The summed E-state index contributed by atoms with van der Waals surface area (Å²) in [6.07, 6.45) is 2.13. The van der Waals surface area contributed by atoms with Crippen molar-refractivity contribution >= 4 is 49.4 Å². The molecule has 2 aromatic rings. The Kier molecular flexibility index (Phi) is 6.55. The predicted molar refractivity (Wildman–Crippen MR) is 112 cm³/mol. The number of hydrogen-bond donors (Lipinski definition) is 1. The van der Waals surface area contributed by atoms with E-state index in [9.17, 15) is 9.59 Å². The molecule has 1 saturated heterocycles. The van der Waals surface area contributed by atoms with Gasteiger partial charge in [-0.25, -0.2) is 0 Å². The van der Waals surface area contributed by atoms with E-state index in [2.05, 4.69) is 37.2 Å². The van der Waals surface area contributed by atoms with Gasteiger partial charge in [0.1, 0.15) is 5.75 Å². The summed E-state index contributed by atoms with van der Waals surface area (Å²) >= 11 is 6.86. The topological polar surface area (TPSA) is 58.6 Å². The Balaban J connectivity index is 1.56. The van der Waals surface area contributed by atoms with Crippen molar-refractivity contribution in [2.75, 3.05) is 25.0 Å². The highest BCUT2D eigenvalue weighted by atomic mass is 79.9. The molecule has 0 spiro atoms. The Hall–Kier alpha value is -1.86. The van der Waals surface area contributed by atoms with Crippen LogP contribution in [-0.4, -0.2) is 36.4 Å². The Morgan fingerprint density at radius 1 is 1.11 bits per heavy atom. The van der Waals surface area contributed by atoms with Crippen LogP contribution in [-0.2, 0) is 4.79 Å². The summed E-state index contributed by atoms with van der Waals surface area (Å²) < 4.78 is 7.37. The van der Waals surface area contributed by atoms with E-state index in [1.165, 1.54) is 0 Å². The number of carbonyl (C=O) groups is 2. The van der Waals surface area contributed by atoms with E-state index < -0.39 is 0 Å². The first-order chi connectivity index (χ1) is 12.9. The van der Waals surface area contributed by atoms with Gasteiger partial charge in [0.2, 0.25) is 0 Å². The molecule has 5 nitrogen and oxygen atoms in total. The fourth-order valence-electron chi connectivity index (χ4n) is 3.01. The van der Waals surface area contributed by atoms with Crippen LogP contribution in [0.15, 0.2) is 45.3 Å². The number of anilines is 1. The first-order valence-corrected chi connectivity index (χ1v) is 10.3. The number of amides is 2. The smallest absolute Gasteiger partial charge is 0.262 e. The second-order valence-electron chi connectivity index (χ2n) is 6.45. The molecular formula is C20H20Br2N2O3. The van der Waals surface area contributed by atoms with Gasteiger partial charge >= 0.3 is 0 Å². The van der Waals surface area contributed by atoms with Gasteiger partial charge in [0.15, 0.2) is 6.61 Å². The summed E-state index contributed by atoms with van der Waals surface area (Å²) in [6.45, 7) is 3.45. The normalized spacial score (nSPS) is 13.5. The van der Waals surface area contributed by atoms with Gasteiger partial charge in [0.05, 0.1) is 4.47 Å². The zero-order valence-corrected chi connectivity index (χ0v) is 18.1. The molecule has 0 radical (unpaired) electrons. The van der Waals surface area contributed by atoms with E-state index in [1.54, 1.807) is 24.3 Å². The van der Waals surface area contributed by atoms with E-state index in [0.29, 0.717) is 17.0 Å². The van der Waals surface area contributed by atoms with Crippen LogP contribution in [0.4, 0.5) is 5.69 Å². The number of nitrogens with zero attached hydrogens (tertiary/aromatic N) is 1. The number of benzene rings is 2. The molecule has 7 heteroatoms.